The fraction of sp³-hybridized carbons (Fsp3) is 0.304. The van der Waals surface area contributed by atoms with Crippen LogP contribution in [-0.4, -0.2) is 23.0 Å². The minimum absolute atomic E-state index is 0.138. The number of pyridine rings is 1. The minimum Gasteiger partial charge on any atom is -0.367 e. The Kier molecular flexibility index (Phi) is 5.61. The number of benzene rings is 2. The number of hydrogen-bond acceptors (Lipinski definition) is 3. The van der Waals surface area contributed by atoms with Gasteiger partial charge in [0.25, 0.3) is 5.91 Å². The van der Waals surface area contributed by atoms with Gasteiger partial charge in [-0.1, -0.05) is 30.3 Å². The lowest BCUT2D eigenvalue weighted by Crippen LogP contribution is -2.40. The lowest BCUT2D eigenvalue weighted by Gasteiger charge is -2.30. The van der Waals surface area contributed by atoms with Gasteiger partial charge in [0.15, 0.2) is 0 Å². The lowest BCUT2D eigenvalue weighted by atomic mass is 9.90. The molecule has 1 aliphatic rings. The first-order chi connectivity index (χ1) is 14.4. The normalized spacial score (nSPS) is 19.4. The molecule has 0 aliphatic heterocycles. The van der Waals surface area contributed by atoms with Crippen molar-refractivity contribution in [3.8, 4) is 0 Å². The summed E-state index contributed by atoms with van der Waals surface area (Å²) in [7, 11) is 0. The summed E-state index contributed by atoms with van der Waals surface area (Å²) in [6, 6.07) is 16.8. The Bertz CT molecular complexity index is 1040. The van der Waals surface area contributed by atoms with E-state index >= 15 is 0 Å². The molecule has 156 valence electrons. The van der Waals surface area contributed by atoms with Crippen molar-refractivity contribution in [2.45, 2.75) is 43.9 Å². The van der Waals surface area contributed by atoms with E-state index in [1.807, 2.05) is 36.4 Å². The summed E-state index contributed by atoms with van der Waals surface area (Å²) in [5.74, 6) is 0.135. The van der Waals surface area contributed by atoms with E-state index in [0.717, 1.165) is 35.6 Å². The molecule has 2 N–H and O–H groups in total. The number of halogens is 3. The third-order valence-electron chi connectivity index (χ3n) is 5.49. The maximum atomic E-state index is 13.1. The van der Waals surface area contributed by atoms with Crippen LogP contribution < -0.4 is 10.6 Å². The van der Waals surface area contributed by atoms with Crippen molar-refractivity contribution in [3.63, 3.8) is 0 Å². The molecule has 3 aromatic rings. The molecule has 0 atom stereocenters. The second kappa shape index (κ2) is 8.34. The summed E-state index contributed by atoms with van der Waals surface area (Å²) in [5.41, 5.74) is -0.308. The summed E-state index contributed by atoms with van der Waals surface area (Å²) in [6.45, 7) is 0. The fourth-order valence-electron chi connectivity index (χ4n) is 3.93. The highest BCUT2D eigenvalue weighted by Gasteiger charge is 2.35. The van der Waals surface area contributed by atoms with Crippen molar-refractivity contribution in [2.75, 3.05) is 5.32 Å². The topological polar surface area (TPSA) is 54.0 Å². The van der Waals surface area contributed by atoms with E-state index in [-0.39, 0.29) is 17.6 Å². The van der Waals surface area contributed by atoms with Gasteiger partial charge in [0.1, 0.15) is 5.82 Å². The van der Waals surface area contributed by atoms with E-state index in [4.69, 9.17) is 0 Å². The van der Waals surface area contributed by atoms with Crippen LogP contribution in [0.3, 0.4) is 0 Å². The molecular weight excluding hydrogens is 391 g/mol. The number of fused-ring (bicyclic) bond motifs is 1. The smallest absolute Gasteiger partial charge is 0.367 e. The summed E-state index contributed by atoms with van der Waals surface area (Å²) in [5, 5.41) is 7.29. The Balaban J connectivity index is 1.34. The molecule has 1 heterocycles. The van der Waals surface area contributed by atoms with Gasteiger partial charge in [-0.3, -0.25) is 4.79 Å². The van der Waals surface area contributed by atoms with Gasteiger partial charge in [-0.2, -0.15) is 13.2 Å². The molecule has 1 fully saturated rings. The number of rotatable bonds is 4. The van der Waals surface area contributed by atoms with E-state index in [1.54, 1.807) is 0 Å². The van der Waals surface area contributed by atoms with Crippen molar-refractivity contribution < 1.29 is 18.0 Å². The quantitative estimate of drug-likeness (QED) is 0.602. The zero-order chi connectivity index (χ0) is 21.1. The average Bonchev–Trinajstić information content (AvgIpc) is 2.74. The number of hydrogen-bond donors (Lipinski definition) is 2. The van der Waals surface area contributed by atoms with Crippen LogP contribution in [0.4, 0.5) is 19.0 Å². The van der Waals surface area contributed by atoms with Crippen molar-refractivity contribution >= 4 is 22.6 Å². The fourth-order valence-corrected chi connectivity index (χ4v) is 3.93. The van der Waals surface area contributed by atoms with Gasteiger partial charge in [-0.15, -0.1) is 0 Å². The molecule has 7 heteroatoms. The number of alkyl halides is 3. The molecule has 1 amide bonds. The Hall–Kier alpha value is -3.09. The predicted molar refractivity (Wildman–Crippen MR) is 110 cm³/mol. The number of nitrogens with zero attached hydrogens (tertiary/aromatic N) is 1. The Morgan fingerprint density at radius 2 is 1.53 bits per heavy atom. The highest BCUT2D eigenvalue weighted by molar-refractivity contribution is 5.96. The van der Waals surface area contributed by atoms with Gasteiger partial charge < -0.3 is 10.6 Å². The standard InChI is InChI=1S/C23H22F3N3O/c24-23(25,26)19-7-3-2-6-18(19)22(30)28-17-12-10-16(11-13-17)27-21-14-9-15-5-1-4-8-20(15)29-21/h1-9,14,16-17H,10-13H2,(H,27,29)(H,28,30)/t16-,17+. The largest absolute Gasteiger partial charge is 0.417 e. The van der Waals surface area contributed by atoms with Gasteiger partial charge in [0.05, 0.1) is 16.6 Å². The van der Waals surface area contributed by atoms with Crippen molar-refractivity contribution in [3.05, 3.63) is 71.8 Å². The first kappa shape index (κ1) is 20.2. The van der Waals surface area contributed by atoms with Crippen LogP contribution in [0.5, 0.6) is 0 Å². The number of carbonyl (C=O) groups is 1. The van der Waals surface area contributed by atoms with E-state index < -0.39 is 17.6 Å². The van der Waals surface area contributed by atoms with Gasteiger partial charge in [0.2, 0.25) is 0 Å². The Morgan fingerprint density at radius 3 is 2.30 bits per heavy atom. The van der Waals surface area contributed by atoms with Crippen molar-refractivity contribution in [2.24, 2.45) is 0 Å². The zero-order valence-electron chi connectivity index (χ0n) is 16.2. The second-order valence-electron chi connectivity index (χ2n) is 7.60. The summed E-state index contributed by atoms with van der Waals surface area (Å²) < 4.78 is 39.4. The van der Waals surface area contributed by atoms with Crippen LogP contribution >= 0.6 is 0 Å². The summed E-state index contributed by atoms with van der Waals surface area (Å²) in [6.07, 6.45) is -1.54. The number of nitrogens with one attached hydrogen (secondary N) is 2. The number of para-hydroxylation sites is 1. The van der Waals surface area contributed by atoms with Crippen LogP contribution in [0, 0.1) is 0 Å². The third kappa shape index (κ3) is 4.56. The molecule has 2 aromatic carbocycles. The molecule has 0 unspecified atom stereocenters. The first-order valence-corrected chi connectivity index (χ1v) is 9.99. The molecule has 0 spiro atoms. The number of aromatic nitrogens is 1. The van der Waals surface area contributed by atoms with E-state index in [0.29, 0.717) is 12.8 Å². The monoisotopic (exact) mass is 413 g/mol. The number of amides is 1. The predicted octanol–water partition coefficient (Wildman–Crippen LogP) is 5.41. The Morgan fingerprint density at radius 1 is 0.867 bits per heavy atom. The van der Waals surface area contributed by atoms with Crippen LogP contribution in [-0.2, 0) is 6.18 Å². The summed E-state index contributed by atoms with van der Waals surface area (Å²) >= 11 is 0. The minimum atomic E-state index is -4.55. The summed E-state index contributed by atoms with van der Waals surface area (Å²) in [4.78, 5) is 17.1. The van der Waals surface area contributed by atoms with Crippen LogP contribution in [0.25, 0.3) is 10.9 Å². The third-order valence-corrected chi connectivity index (χ3v) is 5.49. The molecule has 0 saturated heterocycles. The molecule has 4 rings (SSSR count). The SMILES string of the molecule is O=C(N[C@H]1CC[C@@H](Nc2ccc3ccccc3n2)CC1)c1ccccc1C(F)(F)F. The molecule has 30 heavy (non-hydrogen) atoms. The van der Waals surface area contributed by atoms with Crippen molar-refractivity contribution in [1.29, 1.82) is 0 Å². The maximum Gasteiger partial charge on any atom is 0.417 e. The molecule has 1 aromatic heterocycles. The number of carbonyl (C=O) groups excluding carboxylic acids is 1. The second-order valence-corrected chi connectivity index (χ2v) is 7.60. The molecule has 1 saturated carbocycles. The first-order valence-electron chi connectivity index (χ1n) is 9.99. The van der Waals surface area contributed by atoms with Gasteiger partial charge >= 0.3 is 6.18 Å². The molecule has 4 nitrogen and oxygen atoms in total. The number of anilines is 1. The van der Waals surface area contributed by atoms with Crippen LogP contribution in [0.2, 0.25) is 0 Å². The lowest BCUT2D eigenvalue weighted by molar-refractivity contribution is -0.137. The maximum absolute atomic E-state index is 13.1. The van der Waals surface area contributed by atoms with Crippen LogP contribution in [0.15, 0.2) is 60.7 Å². The molecule has 1 aliphatic carbocycles. The van der Waals surface area contributed by atoms with E-state index in [9.17, 15) is 18.0 Å². The molecule has 0 radical (unpaired) electrons. The molecular formula is C23H22F3N3O. The van der Waals surface area contributed by atoms with E-state index in [1.165, 1.54) is 18.2 Å². The van der Waals surface area contributed by atoms with Gasteiger partial charge in [-0.05, 0) is 56.0 Å². The molecule has 0 bridgehead atoms. The van der Waals surface area contributed by atoms with Gasteiger partial charge in [-0.25, -0.2) is 4.98 Å². The van der Waals surface area contributed by atoms with Crippen LogP contribution in [0.1, 0.15) is 41.6 Å². The van der Waals surface area contributed by atoms with E-state index in [2.05, 4.69) is 15.6 Å². The average molecular weight is 413 g/mol. The highest BCUT2D eigenvalue weighted by atomic mass is 19.4. The zero-order valence-corrected chi connectivity index (χ0v) is 16.2. The van der Waals surface area contributed by atoms with Crippen molar-refractivity contribution in [1.82, 2.24) is 10.3 Å². The Labute approximate surface area is 172 Å². The highest BCUT2D eigenvalue weighted by Crippen LogP contribution is 2.32. The van der Waals surface area contributed by atoms with Gasteiger partial charge in [0, 0.05) is 17.5 Å².